The van der Waals surface area contributed by atoms with Crippen LogP contribution in [-0.2, 0) is 14.3 Å². The Hall–Kier alpha value is -2.56. The van der Waals surface area contributed by atoms with E-state index in [9.17, 15) is 9.59 Å². The molecular weight excluding hydrogens is 428 g/mol. The summed E-state index contributed by atoms with van der Waals surface area (Å²) >= 11 is 0. The first kappa shape index (κ1) is 27.7. The van der Waals surface area contributed by atoms with E-state index in [1.165, 1.54) is 38.5 Å². The number of carbonyl (C=O) groups excluding carboxylic acids is 2. The van der Waals surface area contributed by atoms with Crippen molar-refractivity contribution < 1.29 is 23.8 Å². The molecule has 188 valence electrons. The number of allylic oxidation sites excluding steroid dienone is 3. The lowest BCUT2D eigenvalue weighted by molar-refractivity contribution is -0.144. The first-order chi connectivity index (χ1) is 16.4. The van der Waals surface area contributed by atoms with Crippen LogP contribution in [0, 0.1) is 5.92 Å². The molecule has 34 heavy (non-hydrogen) atoms. The predicted molar refractivity (Wildman–Crippen MR) is 136 cm³/mol. The minimum atomic E-state index is -0.410. The molecule has 0 aliphatic heterocycles. The smallest absolute Gasteiger partial charge is 0.343 e. The van der Waals surface area contributed by atoms with Gasteiger partial charge >= 0.3 is 11.9 Å². The quantitative estimate of drug-likeness (QED) is 0.195. The number of carbonyl (C=O) groups is 2. The topological polar surface area (TPSA) is 61.8 Å². The van der Waals surface area contributed by atoms with Crippen molar-refractivity contribution in [2.24, 2.45) is 5.92 Å². The summed E-state index contributed by atoms with van der Waals surface area (Å²) in [6.45, 7) is 8.94. The summed E-state index contributed by atoms with van der Waals surface area (Å²) in [6, 6.07) is 7.04. The van der Waals surface area contributed by atoms with Gasteiger partial charge in [0.15, 0.2) is 0 Å². The van der Waals surface area contributed by atoms with Crippen LogP contribution in [0.5, 0.6) is 5.75 Å². The van der Waals surface area contributed by atoms with Crippen LogP contribution in [-0.4, -0.2) is 24.6 Å². The van der Waals surface area contributed by atoms with Crippen LogP contribution in [0.3, 0.4) is 0 Å². The van der Waals surface area contributed by atoms with Crippen molar-refractivity contribution in [3.8, 4) is 5.75 Å². The second-order valence-corrected chi connectivity index (χ2v) is 9.25. The van der Waals surface area contributed by atoms with Gasteiger partial charge in [-0.05, 0) is 69.0 Å². The Bertz CT molecular complexity index is 821. The van der Waals surface area contributed by atoms with Gasteiger partial charge in [0.1, 0.15) is 11.5 Å². The molecule has 1 aromatic rings. The fourth-order valence-electron chi connectivity index (χ4n) is 3.88. The van der Waals surface area contributed by atoms with Gasteiger partial charge in [0.25, 0.3) is 0 Å². The fraction of sp³-hybridized carbons (Fsp3) is 0.586. The number of esters is 2. The van der Waals surface area contributed by atoms with E-state index < -0.39 is 5.97 Å². The second kappa shape index (κ2) is 15.4. The third kappa shape index (κ3) is 9.74. The molecule has 0 bridgehead atoms. The van der Waals surface area contributed by atoms with E-state index in [-0.39, 0.29) is 18.0 Å². The molecular formula is C29H42O5. The summed E-state index contributed by atoms with van der Waals surface area (Å²) in [7, 11) is 0. The van der Waals surface area contributed by atoms with Gasteiger partial charge in [0.05, 0.1) is 18.3 Å². The van der Waals surface area contributed by atoms with Gasteiger partial charge in [-0.1, -0.05) is 59.3 Å². The normalized spacial score (nSPS) is 16.3. The summed E-state index contributed by atoms with van der Waals surface area (Å²) in [4.78, 5) is 25.1. The highest BCUT2D eigenvalue weighted by Gasteiger charge is 2.24. The molecule has 2 atom stereocenters. The Kier molecular flexibility index (Phi) is 12.5. The average Bonchev–Trinajstić information content (AvgIpc) is 2.83. The number of hydrogen-bond acceptors (Lipinski definition) is 5. The highest BCUT2D eigenvalue weighted by Crippen LogP contribution is 2.28. The standard InChI is InChI=1S/C29H42O5/c1-5-7-9-11-13-23(4)33-29(31)25-16-19-27(22(3)21-25)34-28(30)24-14-17-26(18-15-24)32-20-12-10-8-6-2/h14-19,22-23H,5-13,20-21H2,1-4H3. The largest absolute Gasteiger partial charge is 0.494 e. The first-order valence-electron chi connectivity index (χ1n) is 13.0. The van der Waals surface area contributed by atoms with Crippen LogP contribution < -0.4 is 4.74 Å². The number of ether oxygens (including phenoxy) is 3. The maximum Gasteiger partial charge on any atom is 0.343 e. The summed E-state index contributed by atoms with van der Waals surface area (Å²) in [6.07, 6.45) is 14.0. The minimum absolute atomic E-state index is 0.0814. The number of benzene rings is 1. The zero-order valence-corrected chi connectivity index (χ0v) is 21.4. The Morgan fingerprint density at radius 1 is 0.912 bits per heavy atom. The van der Waals surface area contributed by atoms with E-state index in [4.69, 9.17) is 14.2 Å². The Morgan fingerprint density at radius 2 is 1.59 bits per heavy atom. The molecule has 0 aromatic heterocycles. The van der Waals surface area contributed by atoms with Crippen LogP contribution in [0.1, 0.15) is 102 Å². The lowest BCUT2D eigenvalue weighted by Gasteiger charge is -2.21. The van der Waals surface area contributed by atoms with E-state index in [0.717, 1.165) is 25.0 Å². The van der Waals surface area contributed by atoms with Crippen molar-refractivity contribution in [3.63, 3.8) is 0 Å². The summed E-state index contributed by atoms with van der Waals surface area (Å²) < 4.78 is 17.0. The van der Waals surface area contributed by atoms with Gasteiger partial charge in [0.2, 0.25) is 0 Å². The van der Waals surface area contributed by atoms with E-state index in [1.807, 2.05) is 13.8 Å². The highest BCUT2D eigenvalue weighted by molar-refractivity contribution is 5.91. The van der Waals surface area contributed by atoms with Gasteiger partial charge in [-0.15, -0.1) is 0 Å². The third-order valence-corrected chi connectivity index (χ3v) is 6.06. The molecule has 1 aromatic carbocycles. The summed E-state index contributed by atoms with van der Waals surface area (Å²) in [5.41, 5.74) is 1.09. The number of unbranched alkanes of at least 4 members (excludes halogenated alkanes) is 6. The van der Waals surface area contributed by atoms with E-state index in [1.54, 1.807) is 36.4 Å². The van der Waals surface area contributed by atoms with Gasteiger partial charge < -0.3 is 14.2 Å². The molecule has 0 fully saturated rings. The zero-order valence-electron chi connectivity index (χ0n) is 21.4. The third-order valence-electron chi connectivity index (χ3n) is 6.06. The van der Waals surface area contributed by atoms with Crippen molar-refractivity contribution in [2.45, 2.75) is 98.0 Å². The van der Waals surface area contributed by atoms with Crippen molar-refractivity contribution in [1.82, 2.24) is 0 Å². The van der Waals surface area contributed by atoms with Crippen LogP contribution >= 0.6 is 0 Å². The van der Waals surface area contributed by atoms with Gasteiger partial charge in [-0.2, -0.15) is 0 Å². The monoisotopic (exact) mass is 470 g/mol. The first-order valence-corrected chi connectivity index (χ1v) is 13.0. The number of hydrogen-bond donors (Lipinski definition) is 0. The fourth-order valence-corrected chi connectivity index (χ4v) is 3.88. The van der Waals surface area contributed by atoms with Crippen LogP contribution in [0.25, 0.3) is 0 Å². The van der Waals surface area contributed by atoms with Crippen LogP contribution in [0.4, 0.5) is 0 Å². The SMILES string of the molecule is CCCCCCOc1ccc(C(=O)OC2=CC=C(C(=O)OC(C)CCCCCC)CC2C)cc1. The molecule has 0 heterocycles. The molecule has 0 amide bonds. The van der Waals surface area contributed by atoms with Gasteiger partial charge in [-0.25, -0.2) is 9.59 Å². The van der Waals surface area contributed by atoms with E-state index in [2.05, 4.69) is 13.8 Å². The number of rotatable bonds is 15. The van der Waals surface area contributed by atoms with Gasteiger partial charge in [-0.3, -0.25) is 0 Å². The van der Waals surface area contributed by atoms with Crippen molar-refractivity contribution >= 4 is 11.9 Å². The molecule has 5 heteroatoms. The molecule has 0 spiro atoms. The Balaban J connectivity index is 1.83. The minimum Gasteiger partial charge on any atom is -0.494 e. The maximum absolute atomic E-state index is 12.6. The highest BCUT2D eigenvalue weighted by atomic mass is 16.5. The maximum atomic E-state index is 12.6. The molecule has 1 aliphatic carbocycles. The predicted octanol–water partition coefficient (Wildman–Crippen LogP) is 7.55. The molecule has 2 unspecified atom stereocenters. The lowest BCUT2D eigenvalue weighted by atomic mass is 9.94. The Labute approximate surface area is 205 Å². The molecule has 0 radical (unpaired) electrons. The van der Waals surface area contributed by atoms with Crippen LogP contribution in [0.15, 0.2) is 47.7 Å². The summed E-state index contributed by atoms with van der Waals surface area (Å²) in [5.74, 6) is 0.547. The summed E-state index contributed by atoms with van der Waals surface area (Å²) in [5, 5.41) is 0. The van der Waals surface area contributed by atoms with Gasteiger partial charge in [0, 0.05) is 11.5 Å². The zero-order chi connectivity index (χ0) is 24.8. The lowest BCUT2D eigenvalue weighted by Crippen LogP contribution is -2.20. The Morgan fingerprint density at radius 3 is 2.24 bits per heavy atom. The van der Waals surface area contributed by atoms with Crippen LogP contribution in [0.2, 0.25) is 0 Å². The van der Waals surface area contributed by atoms with E-state index in [0.29, 0.717) is 29.9 Å². The average molecular weight is 471 g/mol. The second-order valence-electron chi connectivity index (χ2n) is 9.25. The molecule has 2 rings (SSSR count). The molecule has 1 aliphatic rings. The van der Waals surface area contributed by atoms with Crippen molar-refractivity contribution in [1.29, 1.82) is 0 Å². The van der Waals surface area contributed by atoms with Crippen molar-refractivity contribution in [2.75, 3.05) is 6.61 Å². The van der Waals surface area contributed by atoms with E-state index >= 15 is 0 Å². The molecule has 5 nitrogen and oxygen atoms in total. The molecule has 0 saturated carbocycles. The molecule has 0 saturated heterocycles. The van der Waals surface area contributed by atoms with Crippen molar-refractivity contribution in [3.05, 3.63) is 53.3 Å². The molecule has 0 N–H and O–H groups in total.